The molecule has 0 amide bonds. The van der Waals surface area contributed by atoms with Gasteiger partial charge >= 0.3 is 5.69 Å². The Bertz CT molecular complexity index is 1290. The van der Waals surface area contributed by atoms with Crippen LogP contribution in [0, 0.1) is 5.82 Å². The van der Waals surface area contributed by atoms with E-state index in [0.717, 1.165) is 9.95 Å². The lowest BCUT2D eigenvalue weighted by Gasteiger charge is -2.09. The molecule has 0 radical (unpaired) electrons. The molecule has 3 heterocycles. The molecule has 3 aromatic heterocycles. The molecule has 1 aromatic carbocycles. The molecule has 0 fully saturated rings. The maximum absolute atomic E-state index is 13.2. The first-order valence-corrected chi connectivity index (χ1v) is 9.27. The third kappa shape index (κ3) is 3.11. The molecule has 0 saturated carbocycles. The summed E-state index contributed by atoms with van der Waals surface area (Å²) < 4.78 is 17.3. The maximum atomic E-state index is 13.2. The molecule has 0 N–H and O–H groups in total. The SMILES string of the molecule is Cn1c(CSc2ncnc3c2cnn3-c2ccc(F)cc2)cc(=O)n(C)c1=O. The van der Waals surface area contributed by atoms with Gasteiger partial charge in [-0.2, -0.15) is 5.10 Å². The van der Waals surface area contributed by atoms with Crippen molar-refractivity contribution in [3.8, 4) is 5.69 Å². The number of aromatic nitrogens is 6. The van der Waals surface area contributed by atoms with Gasteiger partial charge in [-0.1, -0.05) is 11.8 Å². The zero-order chi connectivity index (χ0) is 19.8. The number of rotatable bonds is 4. The van der Waals surface area contributed by atoms with Gasteiger partial charge in [0.1, 0.15) is 17.2 Å². The summed E-state index contributed by atoms with van der Waals surface area (Å²) in [7, 11) is 3.07. The van der Waals surface area contributed by atoms with E-state index in [2.05, 4.69) is 15.1 Å². The highest BCUT2D eigenvalue weighted by Gasteiger charge is 2.13. The van der Waals surface area contributed by atoms with E-state index in [1.165, 1.54) is 47.9 Å². The Morgan fingerprint density at radius 2 is 1.82 bits per heavy atom. The Labute approximate surface area is 162 Å². The molecule has 142 valence electrons. The van der Waals surface area contributed by atoms with Crippen molar-refractivity contribution in [3.05, 3.63) is 75.2 Å². The zero-order valence-electron chi connectivity index (χ0n) is 15.0. The van der Waals surface area contributed by atoms with Crippen LogP contribution in [0.4, 0.5) is 4.39 Å². The minimum atomic E-state index is -0.375. The van der Waals surface area contributed by atoms with Crippen LogP contribution in [0.15, 0.2) is 57.5 Å². The molecule has 4 aromatic rings. The number of hydrogen-bond donors (Lipinski definition) is 0. The van der Waals surface area contributed by atoms with Crippen molar-refractivity contribution >= 4 is 22.8 Å². The molecular formula is C18H15FN6O2S. The van der Waals surface area contributed by atoms with Crippen molar-refractivity contribution in [2.24, 2.45) is 14.1 Å². The summed E-state index contributed by atoms with van der Waals surface area (Å²) in [4.78, 5) is 32.6. The number of fused-ring (bicyclic) bond motifs is 1. The highest BCUT2D eigenvalue weighted by molar-refractivity contribution is 7.98. The first-order chi connectivity index (χ1) is 13.5. The van der Waals surface area contributed by atoms with Gasteiger partial charge in [0, 0.05) is 31.6 Å². The van der Waals surface area contributed by atoms with E-state index in [0.29, 0.717) is 27.8 Å². The van der Waals surface area contributed by atoms with Crippen molar-refractivity contribution in [3.63, 3.8) is 0 Å². The molecule has 8 nitrogen and oxygen atoms in total. The van der Waals surface area contributed by atoms with Crippen LogP contribution in [0.2, 0.25) is 0 Å². The Balaban J connectivity index is 1.69. The summed E-state index contributed by atoms with van der Waals surface area (Å²) in [5.41, 5.74) is 1.13. The minimum absolute atomic E-state index is 0.328. The van der Waals surface area contributed by atoms with Gasteiger partial charge in [-0.05, 0) is 24.3 Å². The quantitative estimate of drug-likeness (QED) is 0.384. The number of thioether (sulfide) groups is 1. The summed E-state index contributed by atoms with van der Waals surface area (Å²) >= 11 is 1.38. The van der Waals surface area contributed by atoms with Crippen molar-refractivity contribution < 1.29 is 4.39 Å². The second kappa shape index (κ2) is 7.04. The predicted molar refractivity (Wildman–Crippen MR) is 103 cm³/mol. The lowest BCUT2D eigenvalue weighted by Crippen LogP contribution is -2.37. The molecule has 0 saturated heterocycles. The number of hydrogen-bond acceptors (Lipinski definition) is 6. The van der Waals surface area contributed by atoms with Crippen molar-refractivity contribution in [2.45, 2.75) is 10.8 Å². The van der Waals surface area contributed by atoms with Gasteiger partial charge in [0.15, 0.2) is 5.65 Å². The maximum Gasteiger partial charge on any atom is 0.330 e. The third-order valence-corrected chi connectivity index (χ3v) is 5.42. The van der Waals surface area contributed by atoms with Crippen LogP contribution in [0.3, 0.4) is 0 Å². The van der Waals surface area contributed by atoms with Gasteiger partial charge in [-0.25, -0.2) is 23.8 Å². The predicted octanol–water partition coefficient (Wildman–Crippen LogP) is 1.64. The largest absolute Gasteiger partial charge is 0.330 e. The van der Waals surface area contributed by atoms with Gasteiger partial charge in [0.05, 0.1) is 17.3 Å². The van der Waals surface area contributed by atoms with Gasteiger partial charge < -0.3 is 0 Å². The van der Waals surface area contributed by atoms with Gasteiger partial charge in [-0.3, -0.25) is 13.9 Å². The molecule has 0 aliphatic carbocycles. The van der Waals surface area contributed by atoms with Crippen molar-refractivity contribution in [2.75, 3.05) is 0 Å². The molecule has 10 heteroatoms. The lowest BCUT2D eigenvalue weighted by atomic mass is 10.3. The highest BCUT2D eigenvalue weighted by Crippen LogP contribution is 2.27. The Morgan fingerprint density at radius 3 is 2.57 bits per heavy atom. The molecule has 4 rings (SSSR count). The number of nitrogens with zero attached hydrogens (tertiary/aromatic N) is 6. The van der Waals surface area contributed by atoms with Gasteiger partial charge in [0.2, 0.25) is 0 Å². The average molecular weight is 398 g/mol. The van der Waals surface area contributed by atoms with Crippen LogP contribution in [0.1, 0.15) is 5.69 Å². The van der Waals surface area contributed by atoms with E-state index in [1.54, 1.807) is 30.1 Å². The van der Waals surface area contributed by atoms with E-state index in [4.69, 9.17) is 0 Å². The Kier molecular flexibility index (Phi) is 4.55. The highest BCUT2D eigenvalue weighted by atomic mass is 32.2. The smallest absolute Gasteiger partial charge is 0.300 e. The van der Waals surface area contributed by atoms with E-state index in [1.807, 2.05) is 0 Å². The fourth-order valence-electron chi connectivity index (χ4n) is 2.77. The van der Waals surface area contributed by atoms with Gasteiger partial charge in [0.25, 0.3) is 5.56 Å². The lowest BCUT2D eigenvalue weighted by molar-refractivity contribution is 0.627. The summed E-state index contributed by atoms with van der Waals surface area (Å²) in [6.45, 7) is 0. The average Bonchev–Trinajstić information content (AvgIpc) is 3.13. The molecule has 0 bridgehead atoms. The van der Waals surface area contributed by atoms with Crippen LogP contribution < -0.4 is 11.2 Å². The molecule has 0 aliphatic heterocycles. The van der Waals surface area contributed by atoms with E-state index >= 15 is 0 Å². The van der Waals surface area contributed by atoms with Crippen LogP contribution in [-0.4, -0.2) is 28.9 Å². The number of halogens is 1. The second-order valence-corrected chi connectivity index (χ2v) is 7.08. The summed E-state index contributed by atoms with van der Waals surface area (Å²) in [6, 6.07) is 7.39. The van der Waals surface area contributed by atoms with Crippen LogP contribution in [0.5, 0.6) is 0 Å². The minimum Gasteiger partial charge on any atom is -0.300 e. The van der Waals surface area contributed by atoms with E-state index in [9.17, 15) is 14.0 Å². The Morgan fingerprint density at radius 1 is 1.07 bits per heavy atom. The van der Waals surface area contributed by atoms with Crippen LogP contribution in [-0.2, 0) is 19.8 Å². The summed E-state index contributed by atoms with van der Waals surface area (Å²) in [6.07, 6.45) is 3.07. The molecule has 0 atom stereocenters. The number of benzene rings is 1. The zero-order valence-corrected chi connectivity index (χ0v) is 15.9. The topological polar surface area (TPSA) is 87.6 Å². The molecular weight excluding hydrogens is 383 g/mol. The first-order valence-electron chi connectivity index (χ1n) is 8.29. The van der Waals surface area contributed by atoms with Crippen LogP contribution in [0.25, 0.3) is 16.7 Å². The fraction of sp³-hybridized carbons (Fsp3) is 0.167. The van der Waals surface area contributed by atoms with Crippen molar-refractivity contribution in [1.29, 1.82) is 0 Å². The fourth-order valence-corrected chi connectivity index (χ4v) is 3.75. The summed E-state index contributed by atoms with van der Waals surface area (Å²) in [5.74, 6) is 0.0565. The molecule has 28 heavy (non-hydrogen) atoms. The molecule has 0 spiro atoms. The normalized spacial score (nSPS) is 11.2. The third-order valence-electron chi connectivity index (χ3n) is 4.38. The van der Waals surface area contributed by atoms with Crippen molar-refractivity contribution in [1.82, 2.24) is 28.9 Å². The standard InChI is InChI=1S/C18H15FN6O2S/c1-23-13(7-15(26)24(2)18(23)27)9-28-17-14-8-22-25(16(14)20-10-21-17)12-5-3-11(19)4-6-12/h3-8,10H,9H2,1-2H3. The van der Waals surface area contributed by atoms with Crippen LogP contribution >= 0.6 is 11.8 Å². The first kappa shape index (κ1) is 18.1. The second-order valence-electron chi connectivity index (χ2n) is 6.11. The molecule has 0 aliphatic rings. The Hall–Kier alpha value is -3.27. The molecule has 0 unspecified atom stereocenters. The van der Waals surface area contributed by atoms with E-state index in [-0.39, 0.29) is 17.1 Å². The van der Waals surface area contributed by atoms with Gasteiger partial charge in [-0.15, -0.1) is 0 Å². The van der Waals surface area contributed by atoms with E-state index < -0.39 is 0 Å². The monoisotopic (exact) mass is 398 g/mol. The summed E-state index contributed by atoms with van der Waals surface area (Å²) in [5, 5.41) is 5.74.